The van der Waals surface area contributed by atoms with E-state index in [1.54, 1.807) is 13.0 Å². The van der Waals surface area contributed by atoms with Gasteiger partial charge in [0.2, 0.25) is 0 Å². The summed E-state index contributed by atoms with van der Waals surface area (Å²) in [6, 6.07) is 4.71. The van der Waals surface area contributed by atoms with E-state index in [1.807, 2.05) is 0 Å². The van der Waals surface area contributed by atoms with E-state index in [-0.39, 0.29) is 11.3 Å². The molecule has 0 amide bonds. The van der Waals surface area contributed by atoms with Gasteiger partial charge in [-0.05, 0) is 18.1 Å². The van der Waals surface area contributed by atoms with Gasteiger partial charge in [-0.3, -0.25) is 13.6 Å². The van der Waals surface area contributed by atoms with E-state index in [1.165, 1.54) is 16.8 Å². The average molecular weight is 486 g/mol. The highest BCUT2D eigenvalue weighted by Gasteiger charge is 2.33. The number of nitriles is 1. The van der Waals surface area contributed by atoms with Crippen LogP contribution in [0.1, 0.15) is 30.5 Å². The second-order valence-electron chi connectivity index (χ2n) is 6.07. The van der Waals surface area contributed by atoms with Gasteiger partial charge in [-0.15, -0.1) is 0 Å². The molecule has 3 aromatic rings. The van der Waals surface area contributed by atoms with Gasteiger partial charge in [0, 0.05) is 29.5 Å². The molecular formula is C18H15BrF3N5OS. The molecule has 0 fully saturated rings. The topological polar surface area (TPSA) is 83.9 Å². The molecule has 0 saturated heterocycles. The first-order chi connectivity index (χ1) is 13.8. The van der Waals surface area contributed by atoms with Crippen molar-refractivity contribution in [1.82, 2.24) is 19.4 Å². The number of rotatable bonds is 6. The lowest BCUT2D eigenvalue weighted by Crippen LogP contribution is -2.08. The number of fused-ring (bicyclic) bond motifs is 1. The lowest BCUT2D eigenvalue weighted by Gasteiger charge is -2.11. The number of alkyl halides is 4. The molecule has 0 radical (unpaired) electrons. The van der Waals surface area contributed by atoms with E-state index in [9.17, 15) is 22.6 Å². The molecule has 152 valence electrons. The molecule has 0 spiro atoms. The van der Waals surface area contributed by atoms with Gasteiger partial charge >= 0.3 is 6.18 Å². The van der Waals surface area contributed by atoms with Gasteiger partial charge in [-0.25, -0.2) is 9.97 Å². The maximum Gasteiger partial charge on any atom is 0.433 e. The monoisotopic (exact) mass is 485 g/mol. The van der Waals surface area contributed by atoms with Crippen molar-refractivity contribution < 1.29 is 17.4 Å². The second kappa shape index (κ2) is 8.59. The van der Waals surface area contributed by atoms with Crippen LogP contribution in [0.15, 0.2) is 35.7 Å². The zero-order valence-electron chi connectivity index (χ0n) is 15.1. The number of halogens is 4. The fourth-order valence-corrected chi connectivity index (χ4v) is 4.16. The van der Waals surface area contributed by atoms with E-state index < -0.39 is 28.6 Å². The predicted molar refractivity (Wildman–Crippen MR) is 105 cm³/mol. The minimum absolute atomic E-state index is 0.0515. The SMILES string of the molecule is CCS(=O)c1cc(C(C#N)CCBr)cnc1-c1cn2cnc(C(F)(F)F)cc2n1. The van der Waals surface area contributed by atoms with Gasteiger partial charge in [0.15, 0.2) is 0 Å². The van der Waals surface area contributed by atoms with Crippen LogP contribution in [-0.2, 0) is 17.0 Å². The van der Waals surface area contributed by atoms with Crippen molar-refractivity contribution in [2.45, 2.75) is 30.3 Å². The van der Waals surface area contributed by atoms with Crippen LogP contribution in [0.4, 0.5) is 13.2 Å². The third-order valence-electron chi connectivity index (χ3n) is 4.22. The molecule has 2 atom stereocenters. The Morgan fingerprint density at radius 1 is 1.34 bits per heavy atom. The van der Waals surface area contributed by atoms with Crippen molar-refractivity contribution in [3.05, 3.63) is 42.1 Å². The van der Waals surface area contributed by atoms with Gasteiger partial charge in [-0.2, -0.15) is 18.4 Å². The van der Waals surface area contributed by atoms with Crippen molar-refractivity contribution in [1.29, 1.82) is 5.26 Å². The highest BCUT2D eigenvalue weighted by molar-refractivity contribution is 9.09. The van der Waals surface area contributed by atoms with Gasteiger partial charge in [0.05, 0.1) is 27.7 Å². The van der Waals surface area contributed by atoms with Crippen molar-refractivity contribution in [2.75, 3.05) is 11.1 Å². The first kappa shape index (κ1) is 21.4. The molecule has 0 saturated carbocycles. The summed E-state index contributed by atoms with van der Waals surface area (Å²) in [5.74, 6) is -0.0934. The molecule has 0 N–H and O–H groups in total. The molecule has 0 aromatic carbocycles. The number of hydrogen-bond acceptors (Lipinski definition) is 5. The molecule has 3 aromatic heterocycles. The van der Waals surface area contributed by atoms with Crippen LogP contribution < -0.4 is 0 Å². The Bertz CT molecular complexity index is 1110. The quantitative estimate of drug-likeness (QED) is 0.485. The largest absolute Gasteiger partial charge is 0.433 e. The Balaban J connectivity index is 2.12. The fraction of sp³-hybridized carbons (Fsp3) is 0.333. The highest BCUT2D eigenvalue weighted by Crippen LogP contribution is 2.31. The van der Waals surface area contributed by atoms with E-state index in [0.717, 1.165) is 12.4 Å². The molecule has 0 aliphatic heterocycles. The number of nitrogens with zero attached hydrogens (tertiary/aromatic N) is 5. The number of hydrogen-bond donors (Lipinski definition) is 0. The molecule has 0 aliphatic rings. The number of aromatic nitrogens is 4. The molecule has 6 nitrogen and oxygen atoms in total. The third-order valence-corrected chi connectivity index (χ3v) is 6.00. The normalized spacial score (nSPS) is 13.9. The minimum Gasteiger partial charge on any atom is -0.290 e. The number of pyridine rings is 1. The van der Waals surface area contributed by atoms with Crippen molar-refractivity contribution in [3.8, 4) is 17.5 Å². The van der Waals surface area contributed by atoms with Crippen LogP contribution in [0.25, 0.3) is 17.0 Å². The Morgan fingerprint density at radius 3 is 2.72 bits per heavy atom. The van der Waals surface area contributed by atoms with Gasteiger partial charge in [0.1, 0.15) is 29.1 Å². The van der Waals surface area contributed by atoms with E-state index in [4.69, 9.17) is 0 Å². The predicted octanol–water partition coefficient (Wildman–Crippen LogP) is 4.33. The molecule has 2 unspecified atom stereocenters. The Labute approximate surface area is 175 Å². The molecule has 3 rings (SSSR count). The average Bonchev–Trinajstić information content (AvgIpc) is 3.13. The Morgan fingerprint density at radius 2 is 2.10 bits per heavy atom. The summed E-state index contributed by atoms with van der Waals surface area (Å²) in [5, 5.41) is 10.0. The van der Waals surface area contributed by atoms with Crippen LogP contribution in [0.2, 0.25) is 0 Å². The first-order valence-electron chi connectivity index (χ1n) is 8.54. The summed E-state index contributed by atoms with van der Waals surface area (Å²) < 4.78 is 52.6. The molecule has 3 heterocycles. The van der Waals surface area contributed by atoms with Gasteiger partial charge in [0.25, 0.3) is 0 Å². The summed E-state index contributed by atoms with van der Waals surface area (Å²) in [6.07, 6.45) is 0.0221. The zero-order valence-corrected chi connectivity index (χ0v) is 17.6. The maximum absolute atomic E-state index is 12.9. The lowest BCUT2D eigenvalue weighted by atomic mass is 9.99. The molecule has 0 bridgehead atoms. The molecule has 11 heteroatoms. The van der Waals surface area contributed by atoms with Crippen LogP contribution in [0.5, 0.6) is 0 Å². The third kappa shape index (κ3) is 4.48. The summed E-state index contributed by atoms with van der Waals surface area (Å²) >= 11 is 3.31. The van der Waals surface area contributed by atoms with Crippen LogP contribution in [0.3, 0.4) is 0 Å². The zero-order chi connectivity index (χ0) is 21.2. The van der Waals surface area contributed by atoms with Gasteiger partial charge in [-0.1, -0.05) is 22.9 Å². The summed E-state index contributed by atoms with van der Waals surface area (Å²) in [7, 11) is -1.40. The highest BCUT2D eigenvalue weighted by atomic mass is 79.9. The van der Waals surface area contributed by atoms with Crippen molar-refractivity contribution in [3.63, 3.8) is 0 Å². The summed E-state index contributed by atoms with van der Waals surface area (Å²) in [4.78, 5) is 12.4. The maximum atomic E-state index is 12.9. The summed E-state index contributed by atoms with van der Waals surface area (Å²) in [6.45, 7) is 1.75. The van der Waals surface area contributed by atoms with Gasteiger partial charge < -0.3 is 0 Å². The van der Waals surface area contributed by atoms with Crippen LogP contribution in [0, 0.1) is 11.3 Å². The number of imidazole rings is 1. The Hall–Kier alpha value is -2.32. The lowest BCUT2D eigenvalue weighted by molar-refractivity contribution is -0.141. The standard InChI is InChI=1S/C18H15BrF3N5OS/c1-2-29(28)14-5-12(11(7-23)3-4-19)8-24-17(14)13-9-27-10-25-15(18(20,21)22)6-16(27)26-13/h5-6,8-11H,2-4H2,1H3. The van der Waals surface area contributed by atoms with Crippen molar-refractivity contribution in [2.24, 2.45) is 0 Å². The molecule has 29 heavy (non-hydrogen) atoms. The smallest absolute Gasteiger partial charge is 0.290 e. The van der Waals surface area contributed by atoms with Crippen LogP contribution in [-0.4, -0.2) is 34.6 Å². The van der Waals surface area contributed by atoms with E-state index >= 15 is 0 Å². The second-order valence-corrected chi connectivity index (χ2v) is 8.57. The van der Waals surface area contributed by atoms with E-state index in [0.29, 0.717) is 33.7 Å². The van der Waals surface area contributed by atoms with E-state index in [2.05, 4.69) is 37.0 Å². The first-order valence-corrected chi connectivity index (χ1v) is 11.0. The van der Waals surface area contributed by atoms with Crippen LogP contribution >= 0.6 is 15.9 Å². The summed E-state index contributed by atoms with van der Waals surface area (Å²) in [5.41, 5.74) is 0.229. The molecule has 0 aliphatic carbocycles. The molecular weight excluding hydrogens is 471 g/mol. The van der Waals surface area contributed by atoms with Crippen molar-refractivity contribution >= 4 is 32.4 Å². The minimum atomic E-state index is -4.58. The fourth-order valence-electron chi connectivity index (χ4n) is 2.75. The Kier molecular flexibility index (Phi) is 6.33.